The monoisotopic (exact) mass is 406 g/mol. The first kappa shape index (κ1) is 18.5. The molecular weight excluding hydrogens is 380 g/mol. The van der Waals surface area contributed by atoms with Gasteiger partial charge in [-0.25, -0.2) is 4.98 Å². The average molecular weight is 407 g/mol. The molecular formula is C20H27ClN4O3. The maximum atomic E-state index is 13.0. The van der Waals surface area contributed by atoms with E-state index in [0.29, 0.717) is 24.3 Å². The van der Waals surface area contributed by atoms with Gasteiger partial charge in [0, 0.05) is 37.4 Å². The van der Waals surface area contributed by atoms with E-state index in [-0.39, 0.29) is 24.1 Å². The molecule has 1 aromatic heterocycles. The van der Waals surface area contributed by atoms with Crippen LogP contribution in [0.15, 0.2) is 12.3 Å². The number of ether oxygens (including phenoxy) is 2. The molecule has 1 amide bonds. The van der Waals surface area contributed by atoms with Crippen LogP contribution in [-0.4, -0.2) is 72.9 Å². The van der Waals surface area contributed by atoms with Crippen LogP contribution in [0.5, 0.6) is 5.75 Å². The van der Waals surface area contributed by atoms with Crippen LogP contribution >= 0.6 is 11.6 Å². The van der Waals surface area contributed by atoms with Gasteiger partial charge in [-0.3, -0.25) is 4.79 Å². The number of amides is 1. The minimum absolute atomic E-state index is 0.172. The van der Waals surface area contributed by atoms with Gasteiger partial charge in [0.05, 0.1) is 17.7 Å². The maximum Gasteiger partial charge on any atom is 0.251 e. The fourth-order valence-electron chi connectivity index (χ4n) is 4.78. The molecule has 0 aliphatic carbocycles. The lowest BCUT2D eigenvalue weighted by Gasteiger charge is -2.47. The smallest absolute Gasteiger partial charge is 0.251 e. The number of aromatic nitrogens is 1. The van der Waals surface area contributed by atoms with Crippen LogP contribution in [0.1, 0.15) is 32.1 Å². The van der Waals surface area contributed by atoms with E-state index in [1.54, 1.807) is 6.20 Å². The zero-order valence-electron chi connectivity index (χ0n) is 16.0. The number of halogens is 1. The fourth-order valence-corrected chi connectivity index (χ4v) is 4.92. The molecule has 3 fully saturated rings. The summed E-state index contributed by atoms with van der Waals surface area (Å²) >= 11 is 6.04. The van der Waals surface area contributed by atoms with Crippen molar-refractivity contribution >= 4 is 23.3 Å². The number of hydrogen-bond donors (Lipinski definition) is 1. The minimum atomic E-state index is -0.277. The largest absolute Gasteiger partial charge is 0.488 e. The van der Waals surface area contributed by atoms with Crippen molar-refractivity contribution in [3.63, 3.8) is 0 Å². The topological polar surface area (TPSA) is 66.9 Å². The van der Waals surface area contributed by atoms with Gasteiger partial charge in [0.1, 0.15) is 12.7 Å². The van der Waals surface area contributed by atoms with E-state index in [1.807, 2.05) is 6.07 Å². The van der Waals surface area contributed by atoms with E-state index in [9.17, 15) is 4.79 Å². The zero-order valence-corrected chi connectivity index (χ0v) is 16.7. The number of anilines is 1. The second kappa shape index (κ2) is 7.69. The lowest BCUT2D eigenvalue weighted by Crippen LogP contribution is -2.58. The van der Waals surface area contributed by atoms with Crippen molar-refractivity contribution in [2.24, 2.45) is 0 Å². The normalized spacial score (nSPS) is 32.2. The molecule has 1 aromatic rings. The van der Waals surface area contributed by atoms with E-state index >= 15 is 0 Å². The number of carbonyl (C=O) groups is 1. The summed E-state index contributed by atoms with van der Waals surface area (Å²) in [6.07, 6.45) is 6.25. The Morgan fingerprint density at radius 3 is 2.96 bits per heavy atom. The summed E-state index contributed by atoms with van der Waals surface area (Å²) in [5, 5.41) is 3.93. The Labute approximate surface area is 170 Å². The van der Waals surface area contributed by atoms with Crippen molar-refractivity contribution in [1.82, 2.24) is 15.2 Å². The van der Waals surface area contributed by atoms with Gasteiger partial charge in [-0.15, -0.1) is 0 Å². The third kappa shape index (κ3) is 3.44. The molecule has 3 saturated heterocycles. The molecule has 4 unspecified atom stereocenters. The minimum Gasteiger partial charge on any atom is -0.488 e. The molecule has 4 aliphatic rings. The highest BCUT2D eigenvalue weighted by molar-refractivity contribution is 6.30. The van der Waals surface area contributed by atoms with Gasteiger partial charge in [0.25, 0.3) is 5.91 Å². The van der Waals surface area contributed by atoms with Gasteiger partial charge in [-0.05, 0) is 38.6 Å². The van der Waals surface area contributed by atoms with E-state index in [0.717, 1.165) is 63.3 Å². The Morgan fingerprint density at radius 1 is 1.25 bits per heavy atom. The first-order chi connectivity index (χ1) is 13.7. The summed E-state index contributed by atoms with van der Waals surface area (Å²) in [6.45, 7) is 4.03. The molecule has 4 aliphatic heterocycles. The number of pyridine rings is 1. The van der Waals surface area contributed by atoms with E-state index in [1.165, 1.54) is 0 Å². The molecule has 0 aromatic carbocycles. The highest BCUT2D eigenvalue weighted by atomic mass is 35.5. The van der Waals surface area contributed by atoms with E-state index in [4.69, 9.17) is 21.1 Å². The number of hydrogen-bond acceptors (Lipinski definition) is 6. The lowest BCUT2D eigenvalue weighted by atomic mass is 9.93. The van der Waals surface area contributed by atoms with Crippen molar-refractivity contribution in [3.05, 3.63) is 17.3 Å². The van der Waals surface area contributed by atoms with Crippen molar-refractivity contribution in [1.29, 1.82) is 0 Å². The van der Waals surface area contributed by atoms with Gasteiger partial charge in [-0.1, -0.05) is 11.6 Å². The van der Waals surface area contributed by atoms with Crippen LogP contribution in [0.25, 0.3) is 0 Å². The standard InChI is InChI=1S/C20H27ClN4O3/c21-13-8-18-19(23-10-13)24-7-4-15(9-16(24)12-28-18)25-6-1-2-17(20(25)26)27-11-14-3-5-22-14/h8,10,14-17,22H,1-7,9,11-12H2. The molecule has 4 atom stereocenters. The first-order valence-electron chi connectivity index (χ1n) is 10.4. The Balaban J connectivity index is 1.23. The number of nitrogens with zero attached hydrogens (tertiary/aromatic N) is 3. The van der Waals surface area contributed by atoms with Crippen LogP contribution in [0, 0.1) is 0 Å². The van der Waals surface area contributed by atoms with Crippen molar-refractivity contribution in [2.75, 3.05) is 37.7 Å². The quantitative estimate of drug-likeness (QED) is 0.823. The number of likely N-dealkylation sites (tertiary alicyclic amines) is 1. The average Bonchev–Trinajstić information content (AvgIpc) is 2.67. The summed E-state index contributed by atoms with van der Waals surface area (Å²) in [6, 6.07) is 2.75. The molecule has 28 heavy (non-hydrogen) atoms. The SMILES string of the molecule is O=C1C(OCC2CCN2)CCCN1C1CCN2c3ncc(Cl)cc3OCC2C1. The van der Waals surface area contributed by atoms with Gasteiger partial charge < -0.3 is 24.6 Å². The zero-order chi connectivity index (χ0) is 19.1. The van der Waals surface area contributed by atoms with E-state index < -0.39 is 0 Å². The second-order valence-electron chi connectivity index (χ2n) is 8.25. The summed E-state index contributed by atoms with van der Waals surface area (Å²) in [7, 11) is 0. The maximum absolute atomic E-state index is 13.0. The predicted molar refractivity (Wildman–Crippen MR) is 106 cm³/mol. The molecule has 0 spiro atoms. The van der Waals surface area contributed by atoms with Crippen LogP contribution < -0.4 is 15.0 Å². The Hall–Kier alpha value is -1.57. The van der Waals surface area contributed by atoms with Crippen molar-refractivity contribution in [2.45, 2.75) is 56.3 Å². The molecule has 8 heteroatoms. The van der Waals surface area contributed by atoms with Crippen LogP contribution in [0.3, 0.4) is 0 Å². The summed E-state index contributed by atoms with van der Waals surface area (Å²) < 4.78 is 11.9. The molecule has 5 heterocycles. The molecule has 0 bridgehead atoms. The van der Waals surface area contributed by atoms with Gasteiger partial charge in [-0.2, -0.15) is 0 Å². The number of fused-ring (bicyclic) bond motifs is 3. The van der Waals surface area contributed by atoms with Gasteiger partial charge in [0.15, 0.2) is 11.6 Å². The highest BCUT2D eigenvalue weighted by Crippen LogP contribution is 2.38. The second-order valence-corrected chi connectivity index (χ2v) is 8.68. The Morgan fingerprint density at radius 2 is 2.14 bits per heavy atom. The van der Waals surface area contributed by atoms with Crippen LogP contribution in [-0.2, 0) is 9.53 Å². The molecule has 0 saturated carbocycles. The third-order valence-corrected chi connectivity index (χ3v) is 6.69. The number of piperidine rings is 2. The van der Waals surface area contributed by atoms with Crippen LogP contribution in [0.2, 0.25) is 5.02 Å². The molecule has 152 valence electrons. The van der Waals surface area contributed by atoms with Crippen molar-refractivity contribution in [3.8, 4) is 5.75 Å². The van der Waals surface area contributed by atoms with Crippen molar-refractivity contribution < 1.29 is 14.3 Å². The predicted octanol–water partition coefficient (Wildman–Crippen LogP) is 1.83. The summed E-state index contributed by atoms with van der Waals surface area (Å²) in [5.41, 5.74) is 0. The molecule has 7 nitrogen and oxygen atoms in total. The molecule has 0 radical (unpaired) electrons. The van der Waals surface area contributed by atoms with Crippen LogP contribution in [0.4, 0.5) is 5.82 Å². The lowest BCUT2D eigenvalue weighted by molar-refractivity contribution is -0.152. The fraction of sp³-hybridized carbons (Fsp3) is 0.700. The third-order valence-electron chi connectivity index (χ3n) is 6.48. The summed E-state index contributed by atoms with van der Waals surface area (Å²) in [4.78, 5) is 21.9. The number of nitrogens with one attached hydrogen (secondary N) is 1. The number of carbonyl (C=O) groups excluding carboxylic acids is 1. The van der Waals surface area contributed by atoms with E-state index in [2.05, 4.69) is 20.1 Å². The Bertz CT molecular complexity index is 744. The van der Waals surface area contributed by atoms with Gasteiger partial charge in [0.2, 0.25) is 0 Å². The number of rotatable bonds is 4. The summed E-state index contributed by atoms with van der Waals surface area (Å²) in [5.74, 6) is 1.80. The first-order valence-corrected chi connectivity index (χ1v) is 10.8. The van der Waals surface area contributed by atoms with Gasteiger partial charge >= 0.3 is 0 Å². The highest BCUT2D eigenvalue weighted by Gasteiger charge is 2.41. The molecule has 5 rings (SSSR count). The molecule has 1 N–H and O–H groups in total. The Kier molecular flexibility index (Phi) is 5.07.